The summed E-state index contributed by atoms with van der Waals surface area (Å²) in [5, 5.41) is 7.98. The molecule has 0 saturated carbocycles. The van der Waals surface area contributed by atoms with Gasteiger partial charge in [0.25, 0.3) is 0 Å². The Morgan fingerprint density at radius 3 is 2.58 bits per heavy atom. The highest BCUT2D eigenvalue weighted by Crippen LogP contribution is 2.19. The summed E-state index contributed by atoms with van der Waals surface area (Å²) in [6.45, 7) is 0.816. The van der Waals surface area contributed by atoms with Crippen molar-refractivity contribution < 1.29 is 9.53 Å². The van der Waals surface area contributed by atoms with Crippen LogP contribution in [0.2, 0.25) is 5.02 Å². The lowest BCUT2D eigenvalue weighted by Crippen LogP contribution is -2.28. The topological polar surface area (TPSA) is 69.0 Å². The number of carbonyl (C=O) groups is 1. The fourth-order valence-corrected chi connectivity index (χ4v) is 2.57. The van der Waals surface area contributed by atoms with E-state index >= 15 is 0 Å². The van der Waals surface area contributed by atoms with Crippen LogP contribution in [0, 0.1) is 0 Å². The van der Waals surface area contributed by atoms with Gasteiger partial charge < -0.3 is 10.1 Å². The van der Waals surface area contributed by atoms with Crippen LogP contribution in [0.3, 0.4) is 0 Å². The predicted molar refractivity (Wildman–Crippen MR) is 99.5 cm³/mol. The summed E-state index contributed by atoms with van der Waals surface area (Å²) < 4.78 is 6.73. The van der Waals surface area contributed by atoms with E-state index < -0.39 is 0 Å². The number of methoxy groups -OCH3 is 1. The summed E-state index contributed by atoms with van der Waals surface area (Å²) in [7, 11) is 1.58. The number of carbonyl (C=O) groups excluding carboxylic acids is 1. The number of amides is 1. The van der Waals surface area contributed by atoms with Gasteiger partial charge in [0.1, 0.15) is 13.2 Å². The summed E-state index contributed by atoms with van der Waals surface area (Å²) in [5.74, 6) is 0.982. The van der Waals surface area contributed by atoms with Crippen molar-refractivity contribution in [1.82, 2.24) is 20.1 Å². The molecular formula is C19H19ClN4O2. The van der Waals surface area contributed by atoms with E-state index in [1.807, 2.05) is 42.5 Å². The number of halogens is 1. The van der Waals surface area contributed by atoms with E-state index in [-0.39, 0.29) is 19.1 Å². The first-order valence-corrected chi connectivity index (χ1v) is 8.52. The quantitative estimate of drug-likeness (QED) is 0.694. The fourth-order valence-electron chi connectivity index (χ4n) is 2.45. The van der Waals surface area contributed by atoms with Gasteiger partial charge in [0.2, 0.25) is 5.91 Å². The van der Waals surface area contributed by atoms with Gasteiger partial charge in [-0.3, -0.25) is 4.79 Å². The molecule has 0 unspecified atom stereocenters. The second kappa shape index (κ2) is 8.60. The van der Waals surface area contributed by atoms with Gasteiger partial charge in [-0.1, -0.05) is 41.9 Å². The van der Waals surface area contributed by atoms with Gasteiger partial charge in [0.15, 0.2) is 11.6 Å². The summed E-state index contributed by atoms with van der Waals surface area (Å²) in [6.07, 6.45) is 0. The summed E-state index contributed by atoms with van der Waals surface area (Å²) >= 11 is 5.92. The molecule has 0 saturated heterocycles. The molecule has 0 aliphatic carbocycles. The van der Waals surface area contributed by atoms with Crippen LogP contribution in [-0.4, -0.2) is 27.8 Å². The fraction of sp³-hybridized carbons (Fsp3) is 0.211. The van der Waals surface area contributed by atoms with E-state index in [0.29, 0.717) is 23.2 Å². The minimum Gasteiger partial charge on any atom is -0.377 e. The monoisotopic (exact) mass is 370 g/mol. The van der Waals surface area contributed by atoms with Gasteiger partial charge in [-0.05, 0) is 29.8 Å². The van der Waals surface area contributed by atoms with Crippen LogP contribution in [0.15, 0.2) is 54.6 Å². The Bertz CT molecular complexity index is 863. The summed E-state index contributed by atoms with van der Waals surface area (Å²) in [6, 6.07) is 17.0. The normalized spacial score (nSPS) is 10.7. The third-order valence-corrected chi connectivity index (χ3v) is 4.00. The second-order valence-electron chi connectivity index (χ2n) is 5.71. The van der Waals surface area contributed by atoms with Crippen molar-refractivity contribution in [3.8, 4) is 11.4 Å². The predicted octanol–water partition coefficient (Wildman–Crippen LogP) is 3.06. The Kier molecular flexibility index (Phi) is 5.99. The number of benzene rings is 2. The highest BCUT2D eigenvalue weighted by Gasteiger charge is 2.14. The van der Waals surface area contributed by atoms with Crippen LogP contribution < -0.4 is 5.32 Å². The van der Waals surface area contributed by atoms with Gasteiger partial charge in [-0.2, -0.15) is 5.10 Å². The van der Waals surface area contributed by atoms with Crippen molar-refractivity contribution in [3.05, 3.63) is 71.0 Å². The lowest BCUT2D eigenvalue weighted by atomic mass is 10.2. The molecule has 6 nitrogen and oxygen atoms in total. The van der Waals surface area contributed by atoms with Gasteiger partial charge in [-0.15, -0.1) is 0 Å². The third kappa shape index (κ3) is 4.68. The molecule has 0 radical (unpaired) electrons. The van der Waals surface area contributed by atoms with E-state index in [9.17, 15) is 4.79 Å². The maximum atomic E-state index is 12.3. The molecule has 1 heterocycles. The van der Waals surface area contributed by atoms with Crippen LogP contribution in [0.5, 0.6) is 0 Å². The minimum absolute atomic E-state index is 0.0755. The Morgan fingerprint density at radius 1 is 1.15 bits per heavy atom. The smallest absolute Gasteiger partial charge is 0.242 e. The SMILES string of the molecule is COCc1nc(-c2ccc(Cl)cc2)nn1CC(=O)NCc1ccccc1. The van der Waals surface area contributed by atoms with Gasteiger partial charge in [-0.25, -0.2) is 9.67 Å². The Labute approximate surface area is 156 Å². The first-order chi connectivity index (χ1) is 12.7. The molecule has 1 aromatic heterocycles. The third-order valence-electron chi connectivity index (χ3n) is 3.75. The zero-order valence-corrected chi connectivity index (χ0v) is 15.1. The molecule has 0 aliphatic heterocycles. The van der Waals surface area contributed by atoms with Crippen LogP contribution in [0.1, 0.15) is 11.4 Å². The molecule has 7 heteroatoms. The van der Waals surface area contributed by atoms with E-state index in [1.54, 1.807) is 23.9 Å². The van der Waals surface area contributed by atoms with Crippen molar-refractivity contribution in [2.24, 2.45) is 0 Å². The minimum atomic E-state index is -0.140. The van der Waals surface area contributed by atoms with Gasteiger partial charge in [0.05, 0.1) is 0 Å². The molecule has 2 aromatic carbocycles. The zero-order chi connectivity index (χ0) is 18.4. The Hall–Kier alpha value is -2.70. The van der Waals surface area contributed by atoms with Crippen molar-refractivity contribution >= 4 is 17.5 Å². The van der Waals surface area contributed by atoms with Gasteiger partial charge >= 0.3 is 0 Å². The number of nitrogens with one attached hydrogen (secondary N) is 1. The standard InChI is InChI=1S/C19H19ClN4O2/c1-26-13-17-22-19(15-7-9-16(20)10-8-15)23-24(17)12-18(25)21-11-14-5-3-2-4-6-14/h2-10H,11-13H2,1H3,(H,21,25). The molecule has 0 aliphatic rings. The first kappa shape index (κ1) is 18.1. The number of hydrogen-bond acceptors (Lipinski definition) is 4. The van der Waals surface area contributed by atoms with Gasteiger partial charge in [0, 0.05) is 24.2 Å². The maximum absolute atomic E-state index is 12.3. The van der Waals surface area contributed by atoms with Crippen molar-refractivity contribution in [2.75, 3.05) is 7.11 Å². The average molecular weight is 371 g/mol. The van der Waals surface area contributed by atoms with Crippen molar-refractivity contribution in [1.29, 1.82) is 0 Å². The molecule has 3 aromatic rings. The molecule has 0 fully saturated rings. The van der Waals surface area contributed by atoms with E-state index in [2.05, 4.69) is 15.4 Å². The van der Waals surface area contributed by atoms with Crippen LogP contribution >= 0.6 is 11.6 Å². The second-order valence-corrected chi connectivity index (χ2v) is 6.15. The number of ether oxygens (including phenoxy) is 1. The van der Waals surface area contributed by atoms with Crippen molar-refractivity contribution in [3.63, 3.8) is 0 Å². The molecule has 3 rings (SSSR count). The lowest BCUT2D eigenvalue weighted by molar-refractivity contribution is -0.122. The average Bonchev–Trinajstić information content (AvgIpc) is 3.04. The number of aromatic nitrogens is 3. The van der Waals surface area contributed by atoms with E-state index in [0.717, 1.165) is 11.1 Å². The lowest BCUT2D eigenvalue weighted by Gasteiger charge is -2.07. The molecule has 1 N–H and O–H groups in total. The Morgan fingerprint density at radius 2 is 1.88 bits per heavy atom. The first-order valence-electron chi connectivity index (χ1n) is 8.15. The summed E-state index contributed by atoms with van der Waals surface area (Å²) in [5.41, 5.74) is 1.87. The summed E-state index contributed by atoms with van der Waals surface area (Å²) in [4.78, 5) is 16.7. The number of rotatable bonds is 7. The molecule has 0 atom stereocenters. The maximum Gasteiger partial charge on any atom is 0.242 e. The van der Waals surface area contributed by atoms with Crippen LogP contribution in [-0.2, 0) is 29.2 Å². The Balaban J connectivity index is 1.71. The zero-order valence-electron chi connectivity index (χ0n) is 14.4. The number of hydrogen-bond donors (Lipinski definition) is 1. The molecule has 134 valence electrons. The molecule has 0 bridgehead atoms. The van der Waals surface area contributed by atoms with E-state index in [1.165, 1.54) is 0 Å². The van der Waals surface area contributed by atoms with Crippen molar-refractivity contribution in [2.45, 2.75) is 19.7 Å². The molecule has 1 amide bonds. The number of nitrogens with zero attached hydrogens (tertiary/aromatic N) is 3. The largest absolute Gasteiger partial charge is 0.377 e. The highest BCUT2D eigenvalue weighted by molar-refractivity contribution is 6.30. The highest BCUT2D eigenvalue weighted by atomic mass is 35.5. The van der Waals surface area contributed by atoms with E-state index in [4.69, 9.17) is 16.3 Å². The molecule has 0 spiro atoms. The molecule has 26 heavy (non-hydrogen) atoms. The molecular weight excluding hydrogens is 352 g/mol. The van der Waals surface area contributed by atoms with Crippen LogP contribution in [0.25, 0.3) is 11.4 Å². The van der Waals surface area contributed by atoms with Crippen LogP contribution in [0.4, 0.5) is 0 Å².